The Hall–Kier alpha value is -5.06. The summed E-state index contributed by atoms with van der Waals surface area (Å²) in [6.45, 7) is 3.63. The zero-order valence-electron chi connectivity index (χ0n) is 21.9. The third kappa shape index (κ3) is 6.63. The summed E-state index contributed by atoms with van der Waals surface area (Å²) in [5, 5.41) is 8.13. The highest BCUT2D eigenvalue weighted by molar-refractivity contribution is 6.39. The van der Waals surface area contributed by atoms with Crippen LogP contribution in [0.3, 0.4) is 0 Å². The van der Waals surface area contributed by atoms with Gasteiger partial charge < -0.3 is 34.3 Å². The molecular formula is C28H28N4O7. The molecule has 3 N–H and O–H groups in total. The average molecular weight is 533 g/mol. The minimum atomic E-state index is -0.815. The van der Waals surface area contributed by atoms with E-state index < -0.39 is 17.4 Å². The van der Waals surface area contributed by atoms with E-state index in [9.17, 15) is 14.4 Å². The number of carbonyl (C=O) groups excluding carboxylic acids is 3. The molecule has 0 unspecified atom stereocenters. The number of rotatable bonds is 9. The predicted molar refractivity (Wildman–Crippen MR) is 143 cm³/mol. The van der Waals surface area contributed by atoms with Gasteiger partial charge in [0.15, 0.2) is 17.9 Å². The van der Waals surface area contributed by atoms with E-state index in [0.717, 1.165) is 5.56 Å². The van der Waals surface area contributed by atoms with Gasteiger partial charge in [0.1, 0.15) is 23.8 Å². The normalized spacial score (nSPS) is 11.0. The van der Waals surface area contributed by atoms with Gasteiger partial charge in [-0.2, -0.15) is 0 Å². The minimum absolute atomic E-state index is 0.285. The van der Waals surface area contributed by atoms with Crippen LogP contribution in [0.15, 0.2) is 76.4 Å². The summed E-state index contributed by atoms with van der Waals surface area (Å²) in [7, 11) is 2.95. The molecule has 2 aromatic carbocycles. The van der Waals surface area contributed by atoms with Crippen molar-refractivity contribution in [3.05, 3.63) is 78.7 Å². The van der Waals surface area contributed by atoms with E-state index in [2.05, 4.69) is 20.9 Å². The second-order valence-electron chi connectivity index (χ2n) is 9.25. The van der Waals surface area contributed by atoms with Crippen LogP contribution in [0.5, 0.6) is 11.5 Å². The van der Waals surface area contributed by atoms with Gasteiger partial charge in [0.25, 0.3) is 5.91 Å². The molecule has 0 fully saturated rings. The number of hydrogen-bond acceptors (Lipinski definition) is 8. The monoisotopic (exact) mass is 532 g/mol. The number of amides is 3. The summed E-state index contributed by atoms with van der Waals surface area (Å²) < 4.78 is 20.8. The van der Waals surface area contributed by atoms with Gasteiger partial charge in [-0.3, -0.25) is 14.4 Å². The van der Waals surface area contributed by atoms with Gasteiger partial charge in [-0.15, -0.1) is 0 Å². The number of methoxy groups -OCH3 is 2. The van der Waals surface area contributed by atoms with Gasteiger partial charge in [0.05, 0.1) is 26.0 Å². The maximum Gasteiger partial charge on any atom is 0.313 e. The molecule has 0 spiro atoms. The van der Waals surface area contributed by atoms with Gasteiger partial charge in [0.2, 0.25) is 0 Å². The molecule has 39 heavy (non-hydrogen) atoms. The average Bonchev–Trinajstić information content (AvgIpc) is 3.61. The number of benzene rings is 2. The highest BCUT2D eigenvalue weighted by atomic mass is 16.5. The highest BCUT2D eigenvalue weighted by Gasteiger charge is 2.25. The molecule has 0 aliphatic carbocycles. The number of aromatic nitrogens is 1. The zero-order valence-corrected chi connectivity index (χ0v) is 21.9. The summed E-state index contributed by atoms with van der Waals surface area (Å²) in [6, 6.07) is 12.1. The Kier molecular flexibility index (Phi) is 7.99. The Morgan fingerprint density at radius 1 is 0.897 bits per heavy atom. The lowest BCUT2D eigenvalue weighted by Gasteiger charge is -2.26. The molecule has 4 rings (SSSR count). The molecule has 0 bridgehead atoms. The van der Waals surface area contributed by atoms with E-state index >= 15 is 0 Å². The molecule has 2 aromatic heterocycles. The summed E-state index contributed by atoms with van der Waals surface area (Å²) in [5.41, 5.74) is 2.07. The largest absolute Gasteiger partial charge is 0.496 e. The van der Waals surface area contributed by atoms with E-state index in [1.807, 2.05) is 26.0 Å². The van der Waals surface area contributed by atoms with Crippen molar-refractivity contribution < 1.29 is 32.7 Å². The van der Waals surface area contributed by atoms with Gasteiger partial charge in [-0.1, -0.05) is 12.1 Å². The SMILES string of the molecule is COc1cocc1C(=O)Nc1ccc(CC(C)(C)NC(=O)C(=O)Nc2ccc(-c3cnco3)c(OC)c2)cc1. The van der Waals surface area contributed by atoms with Crippen molar-refractivity contribution in [1.82, 2.24) is 10.3 Å². The molecule has 0 saturated carbocycles. The lowest BCUT2D eigenvalue weighted by Crippen LogP contribution is -2.49. The Morgan fingerprint density at radius 2 is 1.62 bits per heavy atom. The Labute approximate surface area is 224 Å². The molecule has 0 saturated heterocycles. The Bertz CT molecular complexity index is 1460. The smallest absolute Gasteiger partial charge is 0.313 e. The van der Waals surface area contributed by atoms with E-state index in [1.165, 1.54) is 33.1 Å². The van der Waals surface area contributed by atoms with E-state index in [0.29, 0.717) is 40.6 Å². The third-order valence-corrected chi connectivity index (χ3v) is 5.76. The van der Waals surface area contributed by atoms with Crippen LogP contribution in [0.4, 0.5) is 11.4 Å². The molecule has 0 aliphatic rings. The minimum Gasteiger partial charge on any atom is -0.496 e. The molecule has 2 heterocycles. The van der Waals surface area contributed by atoms with Crippen molar-refractivity contribution in [2.45, 2.75) is 25.8 Å². The van der Waals surface area contributed by atoms with Crippen LogP contribution >= 0.6 is 0 Å². The van der Waals surface area contributed by atoms with Crippen LogP contribution in [0.2, 0.25) is 0 Å². The summed E-state index contributed by atoms with van der Waals surface area (Å²) in [5.74, 6) is -0.654. The maximum absolute atomic E-state index is 12.7. The Morgan fingerprint density at radius 3 is 2.28 bits per heavy atom. The zero-order chi connectivity index (χ0) is 28.0. The first-order valence-corrected chi connectivity index (χ1v) is 11.9. The van der Waals surface area contributed by atoms with Crippen LogP contribution in [0.25, 0.3) is 11.3 Å². The molecule has 0 radical (unpaired) electrons. The third-order valence-electron chi connectivity index (χ3n) is 5.76. The standard InChI is InChI=1S/C28H28N4O7/c1-28(2,12-17-5-7-18(8-6-17)30-25(33)21-14-38-15-24(21)37-4)32-27(35)26(34)31-19-9-10-20(22(11-19)36-3)23-13-29-16-39-23/h5-11,13-16H,12H2,1-4H3,(H,30,33)(H,31,34)(H,32,35). The van der Waals surface area contributed by atoms with Crippen molar-refractivity contribution in [2.24, 2.45) is 0 Å². The predicted octanol–water partition coefficient (Wildman–Crippen LogP) is 4.28. The quantitative estimate of drug-likeness (QED) is 0.271. The Balaban J connectivity index is 1.33. The number of hydrogen-bond donors (Lipinski definition) is 3. The first-order valence-electron chi connectivity index (χ1n) is 11.9. The second kappa shape index (κ2) is 11.5. The number of furan rings is 1. The summed E-state index contributed by atoms with van der Waals surface area (Å²) >= 11 is 0. The molecular weight excluding hydrogens is 504 g/mol. The molecule has 11 nitrogen and oxygen atoms in total. The maximum atomic E-state index is 12.7. The highest BCUT2D eigenvalue weighted by Crippen LogP contribution is 2.32. The number of nitrogens with one attached hydrogen (secondary N) is 3. The number of ether oxygens (including phenoxy) is 2. The number of nitrogens with zero attached hydrogens (tertiary/aromatic N) is 1. The van der Waals surface area contributed by atoms with Crippen molar-refractivity contribution in [1.29, 1.82) is 0 Å². The summed E-state index contributed by atoms with van der Waals surface area (Å²) in [6.07, 6.45) is 5.96. The van der Waals surface area contributed by atoms with Crippen molar-refractivity contribution >= 4 is 29.1 Å². The number of carbonyl (C=O) groups is 3. The lowest BCUT2D eigenvalue weighted by atomic mass is 9.94. The summed E-state index contributed by atoms with van der Waals surface area (Å²) in [4.78, 5) is 41.6. The van der Waals surface area contributed by atoms with Gasteiger partial charge in [0, 0.05) is 23.0 Å². The fourth-order valence-corrected chi connectivity index (χ4v) is 3.94. The molecule has 0 aliphatic heterocycles. The van der Waals surface area contributed by atoms with Crippen LogP contribution in [0, 0.1) is 0 Å². The van der Waals surface area contributed by atoms with Crippen molar-refractivity contribution in [3.8, 4) is 22.8 Å². The number of anilines is 2. The second-order valence-corrected chi connectivity index (χ2v) is 9.25. The van der Waals surface area contributed by atoms with Gasteiger partial charge in [-0.05, 0) is 50.1 Å². The van der Waals surface area contributed by atoms with Crippen LogP contribution < -0.4 is 25.4 Å². The van der Waals surface area contributed by atoms with Crippen LogP contribution in [-0.2, 0) is 16.0 Å². The molecule has 11 heteroatoms. The van der Waals surface area contributed by atoms with Gasteiger partial charge in [-0.25, -0.2) is 4.98 Å². The fourth-order valence-electron chi connectivity index (χ4n) is 3.94. The van der Waals surface area contributed by atoms with Gasteiger partial charge >= 0.3 is 11.8 Å². The topological polar surface area (TPSA) is 145 Å². The number of oxazole rings is 1. The van der Waals surface area contributed by atoms with Crippen LogP contribution in [0.1, 0.15) is 29.8 Å². The first kappa shape index (κ1) is 27.0. The van der Waals surface area contributed by atoms with Crippen molar-refractivity contribution in [2.75, 3.05) is 24.9 Å². The van der Waals surface area contributed by atoms with E-state index in [-0.39, 0.29) is 11.5 Å². The fraction of sp³-hybridized carbons (Fsp3) is 0.214. The van der Waals surface area contributed by atoms with E-state index in [4.69, 9.17) is 18.3 Å². The molecule has 4 aromatic rings. The molecule has 202 valence electrons. The molecule has 0 atom stereocenters. The van der Waals surface area contributed by atoms with Crippen LogP contribution in [-0.4, -0.2) is 42.5 Å². The van der Waals surface area contributed by atoms with Crippen molar-refractivity contribution in [3.63, 3.8) is 0 Å². The first-order chi connectivity index (χ1) is 18.7. The van der Waals surface area contributed by atoms with E-state index in [1.54, 1.807) is 36.5 Å². The lowest BCUT2D eigenvalue weighted by molar-refractivity contribution is -0.137. The molecule has 3 amide bonds.